The van der Waals surface area contributed by atoms with Crippen LogP contribution in [0.4, 0.5) is 0 Å². The lowest BCUT2D eigenvalue weighted by Crippen LogP contribution is -2.24. The Kier molecular flexibility index (Phi) is 4.41. The maximum absolute atomic E-state index is 11.8. The third-order valence-electron chi connectivity index (χ3n) is 2.24. The van der Waals surface area contributed by atoms with E-state index in [0.29, 0.717) is 5.82 Å². The van der Waals surface area contributed by atoms with Crippen LogP contribution in [0.25, 0.3) is 0 Å². The lowest BCUT2D eigenvalue weighted by atomic mass is 10.4. The Morgan fingerprint density at radius 1 is 1.50 bits per heavy atom. The molecule has 2 rings (SSSR count). The molecule has 106 valence electrons. The molecular formula is C11H13N5O3S. The molecule has 0 aliphatic rings. The van der Waals surface area contributed by atoms with Gasteiger partial charge in [0.25, 0.3) is 5.91 Å². The Bertz CT molecular complexity index is 621. The molecule has 0 unspecified atom stereocenters. The van der Waals surface area contributed by atoms with Gasteiger partial charge in [-0.3, -0.25) is 9.48 Å². The number of nitrogens with zero attached hydrogens (tertiary/aromatic N) is 4. The van der Waals surface area contributed by atoms with Crippen molar-refractivity contribution in [1.29, 1.82) is 0 Å². The highest BCUT2D eigenvalue weighted by Crippen LogP contribution is 2.11. The van der Waals surface area contributed by atoms with Crippen molar-refractivity contribution in [1.82, 2.24) is 25.1 Å². The van der Waals surface area contributed by atoms with Crippen molar-refractivity contribution in [2.75, 3.05) is 6.61 Å². The van der Waals surface area contributed by atoms with Crippen LogP contribution in [0.3, 0.4) is 0 Å². The van der Waals surface area contributed by atoms with Gasteiger partial charge in [-0.05, 0) is 6.92 Å². The summed E-state index contributed by atoms with van der Waals surface area (Å²) in [4.78, 5) is 31.2. The Morgan fingerprint density at radius 3 is 2.95 bits per heavy atom. The van der Waals surface area contributed by atoms with Gasteiger partial charge in [0.05, 0.1) is 13.2 Å². The molecule has 0 spiro atoms. The van der Waals surface area contributed by atoms with Crippen LogP contribution in [0, 0.1) is 0 Å². The Hall–Kier alpha value is -2.29. The van der Waals surface area contributed by atoms with Gasteiger partial charge in [0.2, 0.25) is 5.01 Å². The second-order valence-corrected chi connectivity index (χ2v) is 4.63. The van der Waals surface area contributed by atoms with Gasteiger partial charge in [0, 0.05) is 12.4 Å². The van der Waals surface area contributed by atoms with Gasteiger partial charge >= 0.3 is 5.97 Å². The monoisotopic (exact) mass is 295 g/mol. The van der Waals surface area contributed by atoms with Crippen molar-refractivity contribution in [3.05, 3.63) is 28.2 Å². The summed E-state index contributed by atoms with van der Waals surface area (Å²) in [6.45, 7) is 2.18. The van der Waals surface area contributed by atoms with Crippen LogP contribution in [-0.4, -0.2) is 38.2 Å². The van der Waals surface area contributed by atoms with Crippen molar-refractivity contribution in [2.24, 2.45) is 7.05 Å². The van der Waals surface area contributed by atoms with Crippen LogP contribution in [0.2, 0.25) is 0 Å². The molecule has 0 saturated heterocycles. The zero-order chi connectivity index (χ0) is 14.5. The summed E-state index contributed by atoms with van der Waals surface area (Å²) in [7, 11) is 1.74. The van der Waals surface area contributed by atoms with Crippen molar-refractivity contribution < 1.29 is 14.3 Å². The maximum Gasteiger partial charge on any atom is 0.367 e. The lowest BCUT2D eigenvalue weighted by Gasteiger charge is -1.99. The Labute approximate surface area is 118 Å². The molecule has 0 saturated carbocycles. The summed E-state index contributed by atoms with van der Waals surface area (Å²) in [5.41, 5.74) is 0.175. The molecule has 0 aromatic carbocycles. The number of carbonyl (C=O) groups excluding carboxylic acids is 2. The average Bonchev–Trinajstić information content (AvgIpc) is 3.05. The van der Waals surface area contributed by atoms with Crippen molar-refractivity contribution in [3.63, 3.8) is 0 Å². The van der Waals surface area contributed by atoms with Gasteiger partial charge in [-0.2, -0.15) is 5.10 Å². The number of rotatable bonds is 5. The van der Waals surface area contributed by atoms with Crippen LogP contribution in [0.1, 0.15) is 33.0 Å². The molecule has 2 heterocycles. The quantitative estimate of drug-likeness (QED) is 0.801. The standard InChI is InChI=1S/C11H13N5O3S/c1-3-19-11(18)10-14-7(5-20-10)9(17)12-4-8-13-6-16(2)15-8/h5-6H,3-4H2,1-2H3,(H,12,17). The van der Waals surface area contributed by atoms with Gasteiger partial charge in [-0.1, -0.05) is 0 Å². The van der Waals surface area contributed by atoms with Crippen LogP contribution in [-0.2, 0) is 18.3 Å². The first-order chi connectivity index (χ1) is 9.60. The fourth-order valence-corrected chi connectivity index (χ4v) is 2.07. The van der Waals surface area contributed by atoms with Crippen molar-refractivity contribution >= 4 is 23.2 Å². The molecule has 1 amide bonds. The third-order valence-corrected chi connectivity index (χ3v) is 3.06. The van der Waals surface area contributed by atoms with Gasteiger partial charge < -0.3 is 10.1 Å². The number of esters is 1. The van der Waals surface area contributed by atoms with Gasteiger partial charge in [0.15, 0.2) is 5.82 Å². The first kappa shape index (κ1) is 14.1. The molecule has 1 N–H and O–H groups in total. The van der Waals surface area contributed by atoms with E-state index in [1.165, 1.54) is 5.38 Å². The zero-order valence-electron chi connectivity index (χ0n) is 11.0. The van der Waals surface area contributed by atoms with Gasteiger partial charge in [0.1, 0.15) is 12.0 Å². The summed E-state index contributed by atoms with van der Waals surface area (Å²) in [5, 5.41) is 8.33. The highest BCUT2D eigenvalue weighted by atomic mass is 32.1. The van der Waals surface area contributed by atoms with Crippen molar-refractivity contribution in [2.45, 2.75) is 13.5 Å². The number of nitrogens with one attached hydrogen (secondary N) is 1. The predicted molar refractivity (Wildman–Crippen MR) is 70.2 cm³/mol. The normalized spacial score (nSPS) is 10.3. The Balaban J connectivity index is 1.94. The smallest absolute Gasteiger partial charge is 0.367 e. The third kappa shape index (κ3) is 3.38. The van der Waals surface area contributed by atoms with Crippen LogP contribution < -0.4 is 5.32 Å². The number of aromatic nitrogens is 4. The van der Waals surface area contributed by atoms with E-state index in [-0.39, 0.29) is 29.8 Å². The van der Waals surface area contributed by atoms with Gasteiger partial charge in [-0.15, -0.1) is 11.3 Å². The molecule has 9 heteroatoms. The van der Waals surface area contributed by atoms with E-state index in [4.69, 9.17) is 4.74 Å². The van der Waals surface area contributed by atoms with Crippen LogP contribution in [0.15, 0.2) is 11.7 Å². The second-order valence-electron chi connectivity index (χ2n) is 3.78. The first-order valence-corrected chi connectivity index (χ1v) is 6.73. The molecule has 0 bridgehead atoms. The van der Waals surface area contributed by atoms with Crippen LogP contribution >= 0.6 is 11.3 Å². The summed E-state index contributed by atoms with van der Waals surface area (Å²) < 4.78 is 6.35. The highest BCUT2D eigenvalue weighted by Gasteiger charge is 2.16. The number of hydrogen-bond donors (Lipinski definition) is 1. The minimum Gasteiger partial charge on any atom is -0.461 e. The average molecular weight is 295 g/mol. The van der Waals surface area contributed by atoms with E-state index in [9.17, 15) is 9.59 Å². The summed E-state index contributed by atoms with van der Waals surface area (Å²) in [6, 6.07) is 0. The fraction of sp³-hybridized carbons (Fsp3) is 0.364. The molecule has 0 radical (unpaired) electrons. The summed E-state index contributed by atoms with van der Waals surface area (Å²) >= 11 is 1.07. The Morgan fingerprint density at radius 2 is 2.30 bits per heavy atom. The zero-order valence-corrected chi connectivity index (χ0v) is 11.8. The molecular weight excluding hydrogens is 282 g/mol. The lowest BCUT2D eigenvalue weighted by molar-refractivity contribution is 0.0526. The number of ether oxygens (including phenoxy) is 1. The topological polar surface area (TPSA) is 99.0 Å². The molecule has 2 aromatic rings. The predicted octanol–water partition coefficient (Wildman–Crippen LogP) is 0.378. The molecule has 0 fully saturated rings. The van der Waals surface area contributed by atoms with E-state index < -0.39 is 5.97 Å². The van der Waals surface area contributed by atoms with Crippen LogP contribution in [0.5, 0.6) is 0 Å². The molecule has 0 atom stereocenters. The number of carbonyl (C=O) groups is 2. The van der Waals surface area contributed by atoms with E-state index in [2.05, 4.69) is 20.4 Å². The van der Waals surface area contributed by atoms with E-state index in [0.717, 1.165) is 11.3 Å². The van der Waals surface area contributed by atoms with Gasteiger partial charge in [-0.25, -0.2) is 14.8 Å². The molecule has 0 aliphatic heterocycles. The minimum atomic E-state index is -0.525. The maximum atomic E-state index is 11.8. The number of hydrogen-bond acceptors (Lipinski definition) is 7. The molecule has 0 aliphatic carbocycles. The number of amides is 1. The molecule has 20 heavy (non-hydrogen) atoms. The largest absolute Gasteiger partial charge is 0.461 e. The van der Waals surface area contributed by atoms with Crippen molar-refractivity contribution in [3.8, 4) is 0 Å². The number of thiazole rings is 1. The second kappa shape index (κ2) is 6.24. The number of aryl methyl sites for hydroxylation is 1. The highest BCUT2D eigenvalue weighted by molar-refractivity contribution is 7.11. The fourth-order valence-electron chi connectivity index (χ4n) is 1.38. The summed E-state index contributed by atoms with van der Waals surface area (Å²) in [6.07, 6.45) is 1.54. The van der Waals surface area contributed by atoms with E-state index >= 15 is 0 Å². The van der Waals surface area contributed by atoms with E-state index in [1.807, 2.05) is 0 Å². The van der Waals surface area contributed by atoms with E-state index in [1.54, 1.807) is 25.0 Å². The summed E-state index contributed by atoms with van der Waals surface area (Å²) in [5.74, 6) is -0.408. The molecule has 8 nitrogen and oxygen atoms in total. The minimum absolute atomic E-state index is 0.160. The molecule has 2 aromatic heterocycles. The first-order valence-electron chi connectivity index (χ1n) is 5.85. The SMILES string of the molecule is CCOC(=O)c1nc(C(=O)NCc2ncn(C)n2)cs1.